The Bertz CT molecular complexity index is 428. The lowest BCUT2D eigenvalue weighted by atomic mass is 10.1. The number of esters is 1. The van der Waals surface area contributed by atoms with Crippen molar-refractivity contribution in [1.29, 1.82) is 0 Å². The molecule has 1 aliphatic carbocycles. The van der Waals surface area contributed by atoms with E-state index in [1.165, 1.54) is 0 Å². The lowest BCUT2D eigenvalue weighted by Crippen LogP contribution is -2.31. The van der Waals surface area contributed by atoms with Crippen LogP contribution in [-0.4, -0.2) is 12.0 Å². The van der Waals surface area contributed by atoms with Crippen molar-refractivity contribution in [3.63, 3.8) is 0 Å². The third-order valence-corrected chi connectivity index (χ3v) is 3.29. The fourth-order valence-corrected chi connectivity index (χ4v) is 2.37. The molecule has 5 nitrogen and oxygen atoms in total. The molecule has 0 amide bonds. The Kier molecular flexibility index (Phi) is 3.72. The second-order valence-electron chi connectivity index (χ2n) is 4.82. The molecule has 1 fully saturated rings. The van der Waals surface area contributed by atoms with Crippen molar-refractivity contribution in [3.8, 4) is 0 Å². The van der Waals surface area contributed by atoms with Crippen LogP contribution in [0.5, 0.6) is 0 Å². The van der Waals surface area contributed by atoms with Gasteiger partial charge in [-0.1, -0.05) is 6.42 Å². The fourth-order valence-electron chi connectivity index (χ4n) is 2.37. The summed E-state index contributed by atoms with van der Waals surface area (Å²) in [7, 11) is 0. The average molecular weight is 249 g/mol. The quantitative estimate of drug-likeness (QED) is 0.548. The lowest BCUT2D eigenvalue weighted by molar-refractivity contribution is -0.150. The van der Waals surface area contributed by atoms with Gasteiger partial charge in [-0.2, -0.15) is 0 Å². The summed E-state index contributed by atoms with van der Waals surface area (Å²) >= 11 is 0. The lowest BCUT2D eigenvalue weighted by Gasteiger charge is -2.14. The van der Waals surface area contributed by atoms with Crippen LogP contribution >= 0.6 is 0 Å². The van der Waals surface area contributed by atoms with Crippen LogP contribution in [0.4, 0.5) is 11.4 Å². The van der Waals surface area contributed by atoms with Crippen LogP contribution in [0.2, 0.25) is 0 Å². The molecule has 0 heterocycles. The summed E-state index contributed by atoms with van der Waals surface area (Å²) in [4.78, 5) is 11.8. The average Bonchev–Trinajstić information content (AvgIpc) is 2.71. The molecule has 6 N–H and O–H groups in total. The third-order valence-electron chi connectivity index (χ3n) is 3.29. The van der Waals surface area contributed by atoms with Gasteiger partial charge in [0.25, 0.3) is 0 Å². The van der Waals surface area contributed by atoms with Crippen molar-refractivity contribution < 1.29 is 9.53 Å². The van der Waals surface area contributed by atoms with Crippen LogP contribution in [0, 0.1) is 5.92 Å². The topological polar surface area (TPSA) is 104 Å². The number of hydrogen-bond acceptors (Lipinski definition) is 5. The second kappa shape index (κ2) is 5.27. The van der Waals surface area contributed by atoms with Crippen molar-refractivity contribution in [2.75, 3.05) is 11.5 Å². The van der Waals surface area contributed by atoms with E-state index in [9.17, 15) is 4.79 Å². The minimum absolute atomic E-state index is 0.0663. The van der Waals surface area contributed by atoms with Crippen LogP contribution in [0.1, 0.15) is 24.8 Å². The largest absolute Gasteiger partial charge is 0.461 e. The van der Waals surface area contributed by atoms with Gasteiger partial charge in [0.2, 0.25) is 0 Å². The van der Waals surface area contributed by atoms with Gasteiger partial charge in [0, 0.05) is 17.4 Å². The monoisotopic (exact) mass is 249 g/mol. The molecule has 2 rings (SSSR count). The van der Waals surface area contributed by atoms with Crippen molar-refractivity contribution in [2.24, 2.45) is 11.7 Å². The minimum atomic E-state index is -0.221. The summed E-state index contributed by atoms with van der Waals surface area (Å²) in [5, 5.41) is 0. The molecule has 0 unspecified atom stereocenters. The molecule has 0 aliphatic heterocycles. The first-order valence-electron chi connectivity index (χ1n) is 6.13. The zero-order valence-electron chi connectivity index (χ0n) is 10.3. The summed E-state index contributed by atoms with van der Waals surface area (Å²) < 4.78 is 5.26. The van der Waals surface area contributed by atoms with Crippen molar-refractivity contribution in [1.82, 2.24) is 0 Å². The number of carbonyl (C=O) groups is 1. The summed E-state index contributed by atoms with van der Waals surface area (Å²) in [5.41, 5.74) is 19.1. The normalized spacial score (nSPS) is 22.9. The minimum Gasteiger partial charge on any atom is -0.461 e. The highest BCUT2D eigenvalue weighted by atomic mass is 16.5. The van der Waals surface area contributed by atoms with E-state index in [4.69, 9.17) is 21.9 Å². The Hall–Kier alpha value is -1.75. The van der Waals surface area contributed by atoms with Crippen LogP contribution < -0.4 is 17.2 Å². The van der Waals surface area contributed by atoms with Gasteiger partial charge in [-0.15, -0.1) is 0 Å². The Morgan fingerprint density at radius 2 is 1.89 bits per heavy atom. The Balaban J connectivity index is 1.92. The molecular weight excluding hydrogens is 230 g/mol. The Morgan fingerprint density at radius 1 is 1.22 bits per heavy atom. The molecule has 1 aromatic rings. The van der Waals surface area contributed by atoms with E-state index in [1.807, 2.05) is 0 Å². The van der Waals surface area contributed by atoms with E-state index in [-0.39, 0.29) is 24.5 Å². The van der Waals surface area contributed by atoms with Crippen LogP contribution in [0.25, 0.3) is 0 Å². The van der Waals surface area contributed by atoms with Crippen LogP contribution in [-0.2, 0) is 16.1 Å². The highest BCUT2D eigenvalue weighted by molar-refractivity contribution is 5.73. The number of ether oxygens (including phenoxy) is 1. The number of hydrogen-bond donors (Lipinski definition) is 3. The zero-order valence-corrected chi connectivity index (χ0v) is 10.3. The maximum absolute atomic E-state index is 11.8. The highest BCUT2D eigenvalue weighted by Crippen LogP contribution is 2.25. The third kappa shape index (κ3) is 2.92. The molecule has 1 aliphatic rings. The Morgan fingerprint density at radius 3 is 2.44 bits per heavy atom. The molecule has 0 aromatic heterocycles. The van der Waals surface area contributed by atoms with E-state index >= 15 is 0 Å². The highest BCUT2D eigenvalue weighted by Gasteiger charge is 2.31. The molecule has 0 spiro atoms. The van der Waals surface area contributed by atoms with Crippen LogP contribution in [0.3, 0.4) is 0 Å². The van der Waals surface area contributed by atoms with Gasteiger partial charge in [0.05, 0.1) is 5.92 Å². The zero-order chi connectivity index (χ0) is 13.1. The molecule has 0 bridgehead atoms. The maximum atomic E-state index is 11.8. The van der Waals surface area contributed by atoms with Crippen molar-refractivity contribution in [2.45, 2.75) is 31.9 Å². The number of nitrogen functional groups attached to an aromatic ring is 2. The second-order valence-corrected chi connectivity index (χ2v) is 4.82. The fraction of sp³-hybridized carbons (Fsp3) is 0.462. The molecule has 5 heteroatoms. The van der Waals surface area contributed by atoms with Crippen LogP contribution in [0.15, 0.2) is 18.2 Å². The van der Waals surface area contributed by atoms with Gasteiger partial charge in [-0.25, -0.2) is 0 Å². The molecule has 2 atom stereocenters. The van der Waals surface area contributed by atoms with E-state index < -0.39 is 0 Å². The van der Waals surface area contributed by atoms with Crippen molar-refractivity contribution >= 4 is 17.3 Å². The molecular formula is C13H19N3O2. The van der Waals surface area contributed by atoms with Gasteiger partial charge in [-0.05, 0) is 36.6 Å². The predicted molar refractivity (Wildman–Crippen MR) is 70.4 cm³/mol. The Labute approximate surface area is 106 Å². The first kappa shape index (κ1) is 12.7. The summed E-state index contributed by atoms with van der Waals surface area (Å²) in [6.45, 7) is 0.192. The molecule has 0 radical (unpaired) electrons. The van der Waals surface area contributed by atoms with Crippen molar-refractivity contribution in [3.05, 3.63) is 23.8 Å². The first-order chi connectivity index (χ1) is 8.56. The van der Waals surface area contributed by atoms with Gasteiger partial charge < -0.3 is 21.9 Å². The SMILES string of the molecule is Nc1cc(N)cc(COC(=O)[C@@H]2CCC[C@@H]2N)c1. The number of anilines is 2. The van der Waals surface area contributed by atoms with E-state index in [0.29, 0.717) is 11.4 Å². The van der Waals surface area contributed by atoms with E-state index in [0.717, 1.165) is 24.8 Å². The van der Waals surface area contributed by atoms with E-state index in [2.05, 4.69) is 0 Å². The van der Waals surface area contributed by atoms with Gasteiger partial charge in [0.1, 0.15) is 6.61 Å². The number of carbonyl (C=O) groups excluding carboxylic acids is 1. The van der Waals surface area contributed by atoms with E-state index in [1.54, 1.807) is 18.2 Å². The van der Waals surface area contributed by atoms with Gasteiger partial charge in [-0.3, -0.25) is 4.79 Å². The molecule has 98 valence electrons. The number of nitrogens with two attached hydrogens (primary N) is 3. The standard InChI is InChI=1S/C13H19N3O2/c14-9-4-8(5-10(15)6-9)7-18-13(17)11-2-1-3-12(11)16/h4-6,11-12H,1-3,7,14-16H2/t11-,12+/m1/s1. The van der Waals surface area contributed by atoms with Gasteiger partial charge >= 0.3 is 5.97 Å². The maximum Gasteiger partial charge on any atom is 0.310 e. The molecule has 1 aromatic carbocycles. The summed E-state index contributed by atoms with van der Waals surface area (Å²) in [6, 6.07) is 5.10. The molecule has 18 heavy (non-hydrogen) atoms. The van der Waals surface area contributed by atoms with Gasteiger partial charge in [0.15, 0.2) is 0 Å². The summed E-state index contributed by atoms with van der Waals surface area (Å²) in [5.74, 6) is -0.385. The molecule has 0 saturated heterocycles. The summed E-state index contributed by atoms with van der Waals surface area (Å²) in [6.07, 6.45) is 2.70. The smallest absolute Gasteiger partial charge is 0.310 e. The predicted octanol–water partition coefficient (Wildman–Crippen LogP) is 1.02. The first-order valence-corrected chi connectivity index (χ1v) is 6.13. The molecule has 1 saturated carbocycles. The number of rotatable bonds is 3. The number of benzene rings is 1.